The molecule has 22 heavy (non-hydrogen) atoms. The molecule has 2 N–H and O–H groups in total. The molecule has 1 rings (SSSR count). The van der Waals surface area contributed by atoms with Crippen LogP contribution in [-0.4, -0.2) is 39.3 Å². The first-order chi connectivity index (χ1) is 10.00. The van der Waals surface area contributed by atoms with E-state index in [0.29, 0.717) is 0 Å². The van der Waals surface area contributed by atoms with Crippen LogP contribution in [0.25, 0.3) is 0 Å². The van der Waals surface area contributed by atoms with Gasteiger partial charge in [-0.15, -0.1) is 0 Å². The van der Waals surface area contributed by atoms with Crippen molar-refractivity contribution in [1.29, 1.82) is 0 Å². The number of hydrogen-bond acceptors (Lipinski definition) is 5. The van der Waals surface area contributed by atoms with E-state index in [1.807, 2.05) is 0 Å². The second kappa shape index (κ2) is 6.53. The highest BCUT2D eigenvalue weighted by molar-refractivity contribution is 7.89. The van der Waals surface area contributed by atoms with E-state index in [9.17, 15) is 13.2 Å². The maximum Gasteiger partial charge on any atom is 0.307 e. The van der Waals surface area contributed by atoms with E-state index in [2.05, 4.69) is 4.72 Å². The third-order valence-electron chi connectivity index (χ3n) is 2.64. The molecule has 0 fully saturated rings. The molecule has 0 heterocycles. The first-order valence-electron chi connectivity index (χ1n) is 6.51. The van der Waals surface area contributed by atoms with Crippen molar-refractivity contribution in [3.05, 3.63) is 17.7 Å². The smallest absolute Gasteiger partial charge is 0.307 e. The zero-order valence-electron chi connectivity index (χ0n) is 13.3. The minimum Gasteiger partial charge on any atom is -0.496 e. The first kappa shape index (κ1) is 18.2. The molecule has 0 atom stereocenters. The van der Waals surface area contributed by atoms with Gasteiger partial charge in [0.2, 0.25) is 10.0 Å². The van der Waals surface area contributed by atoms with Crippen molar-refractivity contribution in [3.8, 4) is 11.5 Å². The summed E-state index contributed by atoms with van der Waals surface area (Å²) in [6, 6.07) is 2.63. The quantitative estimate of drug-likeness (QED) is 0.817. The van der Waals surface area contributed by atoms with Crippen LogP contribution in [-0.2, 0) is 21.2 Å². The van der Waals surface area contributed by atoms with E-state index < -0.39 is 21.5 Å². The summed E-state index contributed by atoms with van der Waals surface area (Å²) >= 11 is 0. The Morgan fingerprint density at radius 3 is 2.14 bits per heavy atom. The summed E-state index contributed by atoms with van der Waals surface area (Å²) in [7, 11) is -1.16. The van der Waals surface area contributed by atoms with Gasteiger partial charge < -0.3 is 14.6 Å². The Morgan fingerprint density at radius 1 is 1.18 bits per heavy atom. The zero-order chi connectivity index (χ0) is 17.1. The first-order valence-corrected chi connectivity index (χ1v) is 7.99. The fourth-order valence-corrected chi connectivity index (χ4v) is 3.52. The molecular formula is C14H21NO6S. The lowest BCUT2D eigenvalue weighted by Crippen LogP contribution is -2.40. The fraction of sp³-hybridized carbons (Fsp3) is 0.500. The lowest BCUT2D eigenvalue weighted by atomic mass is 10.1. The Labute approximate surface area is 130 Å². The molecule has 124 valence electrons. The normalized spacial score (nSPS) is 12.0. The molecule has 0 aliphatic heterocycles. The van der Waals surface area contributed by atoms with Crippen LogP contribution in [0.1, 0.15) is 26.3 Å². The molecule has 0 aliphatic carbocycles. The number of ether oxygens (including phenoxy) is 2. The van der Waals surface area contributed by atoms with Crippen LogP contribution in [0.5, 0.6) is 11.5 Å². The van der Waals surface area contributed by atoms with Crippen LogP contribution < -0.4 is 14.2 Å². The lowest BCUT2D eigenvalue weighted by molar-refractivity contribution is -0.136. The average molecular weight is 331 g/mol. The molecule has 0 amide bonds. The van der Waals surface area contributed by atoms with Crippen molar-refractivity contribution in [2.75, 3.05) is 14.2 Å². The van der Waals surface area contributed by atoms with E-state index in [-0.39, 0.29) is 28.4 Å². The van der Waals surface area contributed by atoms with Crippen LogP contribution in [0, 0.1) is 0 Å². The molecule has 0 saturated heterocycles. The number of aliphatic carboxylic acids is 1. The van der Waals surface area contributed by atoms with Crippen molar-refractivity contribution in [3.63, 3.8) is 0 Å². The van der Waals surface area contributed by atoms with Gasteiger partial charge in [-0.3, -0.25) is 4.79 Å². The van der Waals surface area contributed by atoms with Gasteiger partial charge in [0.05, 0.1) is 20.6 Å². The van der Waals surface area contributed by atoms with Gasteiger partial charge in [0.25, 0.3) is 0 Å². The summed E-state index contributed by atoms with van der Waals surface area (Å²) in [6.07, 6.45) is -0.356. The number of sulfonamides is 1. The number of rotatable bonds is 6. The van der Waals surface area contributed by atoms with E-state index in [4.69, 9.17) is 14.6 Å². The van der Waals surface area contributed by atoms with Gasteiger partial charge in [-0.2, -0.15) is 0 Å². The van der Waals surface area contributed by atoms with E-state index in [0.717, 1.165) is 0 Å². The molecule has 0 saturated carbocycles. The molecule has 0 unspecified atom stereocenters. The summed E-state index contributed by atoms with van der Waals surface area (Å²) in [5, 5.41) is 8.94. The van der Waals surface area contributed by atoms with Crippen LogP contribution in [0.3, 0.4) is 0 Å². The third kappa shape index (κ3) is 4.60. The molecule has 0 aliphatic rings. The van der Waals surface area contributed by atoms with Crippen molar-refractivity contribution in [2.45, 2.75) is 37.6 Å². The topological polar surface area (TPSA) is 102 Å². The second-order valence-corrected chi connectivity index (χ2v) is 7.39. The molecule has 0 aromatic heterocycles. The van der Waals surface area contributed by atoms with E-state index >= 15 is 0 Å². The largest absolute Gasteiger partial charge is 0.496 e. The van der Waals surface area contributed by atoms with Gasteiger partial charge in [0, 0.05) is 17.2 Å². The van der Waals surface area contributed by atoms with Gasteiger partial charge in [-0.05, 0) is 26.8 Å². The van der Waals surface area contributed by atoms with Gasteiger partial charge in [0.15, 0.2) is 0 Å². The summed E-state index contributed by atoms with van der Waals surface area (Å²) in [4.78, 5) is 10.8. The molecular weight excluding hydrogens is 310 g/mol. The highest BCUT2D eigenvalue weighted by Gasteiger charge is 2.27. The Hall–Kier alpha value is -1.80. The highest BCUT2D eigenvalue weighted by atomic mass is 32.2. The third-order valence-corrected chi connectivity index (χ3v) is 4.42. The van der Waals surface area contributed by atoms with Gasteiger partial charge in [-0.1, -0.05) is 0 Å². The molecule has 0 spiro atoms. The van der Waals surface area contributed by atoms with Crippen LogP contribution in [0.4, 0.5) is 0 Å². The monoisotopic (exact) mass is 331 g/mol. The Bertz CT molecular complexity index is 661. The summed E-state index contributed by atoms with van der Waals surface area (Å²) < 4.78 is 37.7. The summed E-state index contributed by atoms with van der Waals surface area (Å²) in [5.41, 5.74) is -0.429. The standard InChI is InChI=1S/C14H21NO6S/c1-14(2,3)15-22(18,19)12-6-9(7-13(16)17)10(20-4)8-11(12)21-5/h6,8,15H,7H2,1-5H3,(H,16,17). The minimum absolute atomic E-state index is 0.0859. The Morgan fingerprint density at radius 2 is 1.73 bits per heavy atom. The van der Waals surface area contributed by atoms with Crippen molar-refractivity contribution < 1.29 is 27.8 Å². The predicted molar refractivity (Wildman–Crippen MR) is 81.0 cm³/mol. The van der Waals surface area contributed by atoms with Gasteiger partial charge in [-0.25, -0.2) is 13.1 Å². The number of carboxylic acids is 1. The van der Waals surface area contributed by atoms with Crippen molar-refractivity contribution >= 4 is 16.0 Å². The molecule has 1 aromatic carbocycles. The number of carboxylic acid groups (broad SMARTS) is 1. The zero-order valence-corrected chi connectivity index (χ0v) is 14.1. The average Bonchev–Trinajstić information content (AvgIpc) is 2.34. The predicted octanol–water partition coefficient (Wildman–Crippen LogP) is 1.41. The SMILES string of the molecule is COc1cc(OC)c(S(=O)(=O)NC(C)(C)C)cc1CC(=O)O. The van der Waals surface area contributed by atoms with E-state index in [1.165, 1.54) is 26.4 Å². The van der Waals surface area contributed by atoms with Crippen molar-refractivity contribution in [2.24, 2.45) is 0 Å². The maximum absolute atomic E-state index is 12.5. The summed E-state index contributed by atoms with van der Waals surface area (Å²) in [6.45, 7) is 5.12. The summed E-state index contributed by atoms with van der Waals surface area (Å²) in [5.74, 6) is -0.743. The fourth-order valence-electron chi connectivity index (χ4n) is 1.90. The van der Waals surface area contributed by atoms with Crippen LogP contribution in [0.2, 0.25) is 0 Å². The molecule has 0 radical (unpaired) electrons. The van der Waals surface area contributed by atoms with Gasteiger partial charge in [0.1, 0.15) is 16.4 Å². The maximum atomic E-state index is 12.5. The molecule has 8 heteroatoms. The lowest BCUT2D eigenvalue weighted by Gasteiger charge is -2.22. The van der Waals surface area contributed by atoms with Crippen LogP contribution >= 0.6 is 0 Å². The highest BCUT2D eigenvalue weighted by Crippen LogP contribution is 2.33. The molecule has 7 nitrogen and oxygen atoms in total. The minimum atomic E-state index is -3.87. The second-order valence-electron chi connectivity index (χ2n) is 5.74. The number of benzene rings is 1. The number of carbonyl (C=O) groups is 1. The Kier molecular flexibility index (Phi) is 5.42. The van der Waals surface area contributed by atoms with E-state index in [1.54, 1.807) is 20.8 Å². The van der Waals surface area contributed by atoms with Crippen molar-refractivity contribution in [1.82, 2.24) is 4.72 Å². The molecule has 1 aromatic rings. The number of methoxy groups -OCH3 is 2. The van der Waals surface area contributed by atoms with Gasteiger partial charge >= 0.3 is 5.97 Å². The van der Waals surface area contributed by atoms with Crippen LogP contribution in [0.15, 0.2) is 17.0 Å². The molecule has 0 bridgehead atoms. The number of hydrogen-bond donors (Lipinski definition) is 2. The Balaban J connectivity index is 3.48. The number of nitrogens with one attached hydrogen (secondary N) is 1.